The van der Waals surface area contributed by atoms with Crippen molar-refractivity contribution >= 4 is 13.4 Å². The zero-order chi connectivity index (χ0) is 16.7. The van der Waals surface area contributed by atoms with E-state index in [1.165, 1.54) is 0 Å². The highest BCUT2D eigenvalue weighted by Gasteiger charge is 2.55. The summed E-state index contributed by atoms with van der Waals surface area (Å²) in [5.41, 5.74) is 0.0509. The van der Waals surface area contributed by atoms with Crippen molar-refractivity contribution in [2.45, 2.75) is 83.2 Å². The fraction of sp³-hybridized carbons (Fsp3) is 0.933. The Morgan fingerprint density at radius 2 is 1.77 bits per heavy atom. The van der Waals surface area contributed by atoms with Crippen LogP contribution >= 0.6 is 7.14 Å². The number of hydrogen-bond donors (Lipinski definition) is 0. The molecule has 0 saturated carbocycles. The van der Waals surface area contributed by atoms with Gasteiger partial charge >= 0.3 is 0 Å². The van der Waals surface area contributed by atoms with Gasteiger partial charge in [-0.05, 0) is 13.8 Å². The predicted octanol–water partition coefficient (Wildman–Crippen LogP) is 2.58. The predicted molar refractivity (Wildman–Crippen MR) is 82.4 cm³/mol. The van der Waals surface area contributed by atoms with Gasteiger partial charge in [-0.15, -0.1) is 0 Å². The normalized spacial score (nSPS) is 34.4. The summed E-state index contributed by atoms with van der Waals surface area (Å²) in [5, 5.41) is 0. The van der Waals surface area contributed by atoms with Crippen molar-refractivity contribution in [3.8, 4) is 0 Å². The lowest BCUT2D eigenvalue weighted by atomic mass is 10.1. The zero-order valence-corrected chi connectivity index (χ0v) is 15.0. The third kappa shape index (κ3) is 3.31. The van der Waals surface area contributed by atoms with Crippen LogP contribution in [0.3, 0.4) is 0 Å². The topological polar surface area (TPSA) is 71.1 Å². The Bertz CT molecular complexity index is 449. The molecule has 0 N–H and O–H groups in total. The van der Waals surface area contributed by atoms with Gasteiger partial charge < -0.3 is 28.3 Å². The SMILES string of the molecule is CC(C)P(=O)(CO[C@@H]1[C@H]2OC(C)(C)O[C@H]2O[C@H]1C=O)C(C)C. The third-order valence-corrected chi connectivity index (χ3v) is 8.43. The Labute approximate surface area is 132 Å². The van der Waals surface area contributed by atoms with Crippen molar-refractivity contribution in [1.29, 1.82) is 0 Å². The molecular formula is C15H27O6P. The molecule has 0 aromatic heterocycles. The average molecular weight is 334 g/mol. The number of aldehydes is 1. The van der Waals surface area contributed by atoms with E-state index in [0.717, 1.165) is 0 Å². The summed E-state index contributed by atoms with van der Waals surface area (Å²) in [6, 6.07) is 0. The Morgan fingerprint density at radius 3 is 2.27 bits per heavy atom. The van der Waals surface area contributed by atoms with E-state index >= 15 is 0 Å². The maximum atomic E-state index is 13.1. The summed E-state index contributed by atoms with van der Waals surface area (Å²) in [4.78, 5) is 11.2. The van der Waals surface area contributed by atoms with Gasteiger partial charge in [0.1, 0.15) is 31.8 Å². The maximum Gasteiger partial charge on any atom is 0.190 e. The highest BCUT2D eigenvalue weighted by atomic mass is 31.2. The van der Waals surface area contributed by atoms with Crippen LogP contribution in [0.1, 0.15) is 41.5 Å². The van der Waals surface area contributed by atoms with Crippen molar-refractivity contribution in [3.05, 3.63) is 0 Å². The molecule has 0 aromatic carbocycles. The first-order valence-corrected chi connectivity index (χ1v) is 9.80. The molecule has 0 unspecified atom stereocenters. The quantitative estimate of drug-likeness (QED) is 0.549. The number of rotatable bonds is 6. The molecule has 128 valence electrons. The van der Waals surface area contributed by atoms with Gasteiger partial charge in [-0.3, -0.25) is 0 Å². The number of hydrogen-bond acceptors (Lipinski definition) is 6. The van der Waals surface area contributed by atoms with Gasteiger partial charge in [0.15, 0.2) is 18.4 Å². The fourth-order valence-corrected chi connectivity index (χ4v) is 5.09. The van der Waals surface area contributed by atoms with Crippen molar-refractivity contribution in [2.75, 3.05) is 6.35 Å². The van der Waals surface area contributed by atoms with Crippen molar-refractivity contribution < 1.29 is 28.3 Å². The van der Waals surface area contributed by atoms with Crippen LogP contribution in [0.5, 0.6) is 0 Å². The Balaban J connectivity index is 2.10. The van der Waals surface area contributed by atoms with Gasteiger partial charge in [0, 0.05) is 11.3 Å². The molecule has 0 radical (unpaired) electrons. The van der Waals surface area contributed by atoms with E-state index in [-0.39, 0.29) is 17.7 Å². The van der Waals surface area contributed by atoms with E-state index in [0.29, 0.717) is 6.29 Å². The first kappa shape index (κ1) is 18.1. The Morgan fingerprint density at radius 1 is 1.18 bits per heavy atom. The van der Waals surface area contributed by atoms with E-state index in [9.17, 15) is 9.36 Å². The van der Waals surface area contributed by atoms with E-state index in [4.69, 9.17) is 18.9 Å². The minimum absolute atomic E-state index is 0.0255. The van der Waals surface area contributed by atoms with Gasteiger partial charge in [0.05, 0.1) is 0 Å². The molecule has 0 bridgehead atoms. The number of ether oxygens (including phenoxy) is 4. The third-order valence-electron chi connectivity index (χ3n) is 4.38. The van der Waals surface area contributed by atoms with E-state index in [1.54, 1.807) is 13.8 Å². The highest BCUT2D eigenvalue weighted by molar-refractivity contribution is 7.65. The molecular weight excluding hydrogens is 307 g/mol. The van der Waals surface area contributed by atoms with E-state index < -0.39 is 37.5 Å². The average Bonchev–Trinajstić information content (AvgIpc) is 2.86. The minimum Gasteiger partial charge on any atom is -0.364 e. The van der Waals surface area contributed by atoms with Gasteiger partial charge in [-0.25, -0.2) is 0 Å². The first-order chi connectivity index (χ1) is 10.1. The first-order valence-electron chi connectivity index (χ1n) is 7.77. The van der Waals surface area contributed by atoms with Crippen molar-refractivity contribution in [2.24, 2.45) is 0 Å². The molecule has 2 rings (SSSR count). The number of carbonyl (C=O) groups is 1. The molecule has 2 aliphatic rings. The van der Waals surface area contributed by atoms with Crippen LogP contribution in [-0.4, -0.2) is 54.3 Å². The van der Waals surface area contributed by atoms with Crippen LogP contribution in [0.2, 0.25) is 0 Å². The largest absolute Gasteiger partial charge is 0.364 e. The maximum absolute atomic E-state index is 13.1. The van der Waals surface area contributed by atoms with Gasteiger partial charge in [-0.1, -0.05) is 27.7 Å². The Hall–Kier alpha value is -0.260. The molecule has 22 heavy (non-hydrogen) atoms. The van der Waals surface area contributed by atoms with Crippen LogP contribution < -0.4 is 0 Å². The lowest BCUT2D eigenvalue weighted by Gasteiger charge is -2.29. The molecule has 7 heteroatoms. The molecule has 0 aliphatic carbocycles. The van der Waals surface area contributed by atoms with Crippen molar-refractivity contribution in [1.82, 2.24) is 0 Å². The molecule has 6 nitrogen and oxygen atoms in total. The second kappa shape index (κ2) is 6.33. The van der Waals surface area contributed by atoms with Gasteiger partial charge in [-0.2, -0.15) is 0 Å². The molecule has 2 saturated heterocycles. The summed E-state index contributed by atoms with van der Waals surface area (Å²) in [6.07, 6.45) is -1.62. The molecule has 4 atom stereocenters. The number of carbonyl (C=O) groups excluding carboxylic acids is 1. The molecule has 0 amide bonds. The lowest BCUT2D eigenvalue weighted by Crippen LogP contribution is -2.38. The standard InChI is InChI=1S/C15H27O6P/c1-9(2)22(17,10(3)4)8-18-12-11(7-16)19-14-13(12)20-15(5,6)21-14/h7,9-14H,8H2,1-6H3/t11-,12-,13+,14+/m0/s1. The van der Waals surface area contributed by atoms with Crippen LogP contribution in [0.25, 0.3) is 0 Å². The molecule has 2 heterocycles. The lowest BCUT2D eigenvalue weighted by molar-refractivity contribution is -0.214. The summed E-state index contributed by atoms with van der Waals surface area (Å²) in [7, 11) is -2.51. The molecule has 2 aliphatic heterocycles. The smallest absolute Gasteiger partial charge is 0.190 e. The van der Waals surface area contributed by atoms with Crippen LogP contribution in [0, 0.1) is 0 Å². The van der Waals surface area contributed by atoms with Crippen molar-refractivity contribution in [3.63, 3.8) is 0 Å². The van der Waals surface area contributed by atoms with E-state index in [1.807, 2.05) is 27.7 Å². The highest BCUT2D eigenvalue weighted by Crippen LogP contribution is 2.55. The molecule has 0 spiro atoms. The monoisotopic (exact) mass is 334 g/mol. The summed E-state index contributed by atoms with van der Waals surface area (Å²) < 4.78 is 35.9. The molecule has 2 fully saturated rings. The van der Waals surface area contributed by atoms with Crippen LogP contribution in [0.4, 0.5) is 0 Å². The second-order valence-corrected chi connectivity index (χ2v) is 11.0. The summed E-state index contributed by atoms with van der Waals surface area (Å²) >= 11 is 0. The van der Waals surface area contributed by atoms with Crippen LogP contribution in [-0.2, 0) is 28.3 Å². The molecule has 0 aromatic rings. The Kier molecular flexibility index (Phi) is 5.20. The fourth-order valence-electron chi connectivity index (χ4n) is 2.90. The minimum atomic E-state index is -2.51. The zero-order valence-electron chi connectivity index (χ0n) is 14.1. The van der Waals surface area contributed by atoms with Gasteiger partial charge in [0.25, 0.3) is 0 Å². The summed E-state index contributed by atoms with van der Waals surface area (Å²) in [6.45, 7) is 11.3. The second-order valence-electron chi connectivity index (χ2n) is 7.01. The summed E-state index contributed by atoms with van der Waals surface area (Å²) in [5.74, 6) is -0.773. The van der Waals surface area contributed by atoms with Crippen LogP contribution in [0.15, 0.2) is 0 Å². The van der Waals surface area contributed by atoms with E-state index in [2.05, 4.69) is 0 Å². The number of fused-ring (bicyclic) bond motifs is 1. The van der Waals surface area contributed by atoms with Gasteiger partial charge in [0.2, 0.25) is 0 Å².